The third-order valence-electron chi connectivity index (χ3n) is 10.2. The van der Waals surface area contributed by atoms with Crippen molar-refractivity contribution < 1.29 is 14.9 Å². The summed E-state index contributed by atoms with van der Waals surface area (Å²) in [5.74, 6) is 0.751. The first kappa shape index (κ1) is 26.9. The quantitative estimate of drug-likeness (QED) is 0.452. The highest BCUT2D eigenvalue weighted by molar-refractivity contribution is 5.97. The molecule has 3 saturated heterocycles. The lowest BCUT2D eigenvalue weighted by atomic mass is 9.94. The molecule has 0 bridgehead atoms. The highest BCUT2D eigenvalue weighted by Gasteiger charge is 2.45. The number of nitrogens with zero attached hydrogens (tertiary/aromatic N) is 5. The molecule has 0 spiro atoms. The summed E-state index contributed by atoms with van der Waals surface area (Å²) in [5.41, 5.74) is 4.97. The van der Waals surface area contributed by atoms with E-state index in [9.17, 15) is 10.2 Å². The Morgan fingerprint density at radius 2 is 1.80 bits per heavy atom. The van der Waals surface area contributed by atoms with Crippen molar-refractivity contribution in [3.05, 3.63) is 53.2 Å². The molecule has 8 nitrogen and oxygen atoms in total. The van der Waals surface area contributed by atoms with Gasteiger partial charge in [0.2, 0.25) is 0 Å². The number of aromatic nitrogens is 2. The Morgan fingerprint density at radius 1 is 1.00 bits per heavy atom. The molecule has 3 aromatic rings. The van der Waals surface area contributed by atoms with Crippen LogP contribution in [0, 0.1) is 5.92 Å². The summed E-state index contributed by atoms with van der Waals surface area (Å²) < 4.78 is 6.51. The van der Waals surface area contributed by atoms with Gasteiger partial charge < -0.3 is 24.7 Å². The van der Waals surface area contributed by atoms with Crippen molar-refractivity contribution in [1.82, 2.24) is 14.9 Å². The Balaban J connectivity index is 1.24. The topological polar surface area (TPSA) is 85.2 Å². The van der Waals surface area contributed by atoms with Crippen LogP contribution in [0.5, 0.6) is 6.01 Å². The monoisotopic (exact) mass is 557 g/mol. The number of aryl methyl sites for hydroxylation is 1. The second-order valence-electron chi connectivity index (χ2n) is 12.5. The lowest BCUT2D eigenvalue weighted by molar-refractivity contribution is 0.0522. The number of anilines is 2. The van der Waals surface area contributed by atoms with Gasteiger partial charge in [0.05, 0.1) is 30.5 Å². The maximum atomic E-state index is 10.5. The number of piperidine rings is 1. The third kappa shape index (κ3) is 4.84. The van der Waals surface area contributed by atoms with E-state index >= 15 is 0 Å². The van der Waals surface area contributed by atoms with E-state index in [0.717, 1.165) is 44.0 Å². The average Bonchev–Trinajstić information content (AvgIpc) is 3.60. The van der Waals surface area contributed by atoms with Gasteiger partial charge in [-0.3, -0.25) is 4.90 Å². The van der Waals surface area contributed by atoms with Crippen molar-refractivity contribution in [3.8, 4) is 6.01 Å². The molecule has 8 heteroatoms. The molecule has 0 aliphatic carbocycles. The minimum atomic E-state index is -0.478. The Hall–Kier alpha value is -2.94. The maximum Gasteiger partial charge on any atom is 0.318 e. The van der Waals surface area contributed by atoms with Gasteiger partial charge >= 0.3 is 6.01 Å². The summed E-state index contributed by atoms with van der Waals surface area (Å²) in [6, 6.07) is 13.7. The van der Waals surface area contributed by atoms with E-state index < -0.39 is 6.10 Å². The van der Waals surface area contributed by atoms with Gasteiger partial charge in [0.15, 0.2) is 0 Å². The minimum Gasteiger partial charge on any atom is -0.461 e. The van der Waals surface area contributed by atoms with Crippen LogP contribution >= 0.6 is 0 Å². The zero-order valence-corrected chi connectivity index (χ0v) is 24.3. The average molecular weight is 558 g/mol. The Kier molecular flexibility index (Phi) is 7.25. The van der Waals surface area contributed by atoms with Gasteiger partial charge in [-0.15, -0.1) is 0 Å². The molecular formula is C33H43N5O3. The van der Waals surface area contributed by atoms with Crippen molar-refractivity contribution in [2.24, 2.45) is 5.92 Å². The highest BCUT2D eigenvalue weighted by atomic mass is 16.5. The summed E-state index contributed by atoms with van der Waals surface area (Å²) in [4.78, 5) is 17.4. The molecule has 4 aliphatic heterocycles. The van der Waals surface area contributed by atoms with Crippen molar-refractivity contribution >= 4 is 22.3 Å². The van der Waals surface area contributed by atoms with Gasteiger partial charge in [0.25, 0.3) is 0 Å². The lowest BCUT2D eigenvalue weighted by Gasteiger charge is -2.39. The molecule has 5 heterocycles. The lowest BCUT2D eigenvalue weighted by Crippen LogP contribution is -2.46. The number of hydrogen-bond donors (Lipinski definition) is 2. The van der Waals surface area contributed by atoms with Crippen molar-refractivity contribution in [2.75, 3.05) is 55.7 Å². The number of ether oxygens (including phenoxy) is 1. The van der Waals surface area contributed by atoms with Crippen LogP contribution in [0.3, 0.4) is 0 Å². The fourth-order valence-corrected chi connectivity index (χ4v) is 7.93. The zero-order valence-electron chi connectivity index (χ0n) is 24.3. The molecule has 3 fully saturated rings. The summed E-state index contributed by atoms with van der Waals surface area (Å²) >= 11 is 0. The number of hydrogen-bond acceptors (Lipinski definition) is 8. The van der Waals surface area contributed by atoms with Gasteiger partial charge in [0, 0.05) is 42.2 Å². The van der Waals surface area contributed by atoms with E-state index in [0.29, 0.717) is 38.7 Å². The van der Waals surface area contributed by atoms with E-state index in [1.165, 1.54) is 53.3 Å². The van der Waals surface area contributed by atoms with Crippen molar-refractivity contribution in [2.45, 2.75) is 70.1 Å². The molecular weight excluding hydrogens is 514 g/mol. The maximum absolute atomic E-state index is 10.5. The second-order valence-corrected chi connectivity index (χ2v) is 12.5. The first-order chi connectivity index (χ1) is 20.1. The molecule has 1 aromatic heterocycles. The van der Waals surface area contributed by atoms with E-state index in [2.05, 4.69) is 58.0 Å². The third-order valence-corrected chi connectivity index (χ3v) is 10.2. The fourth-order valence-electron chi connectivity index (χ4n) is 7.93. The molecule has 0 amide bonds. The van der Waals surface area contributed by atoms with Gasteiger partial charge in [0.1, 0.15) is 12.4 Å². The molecule has 0 saturated carbocycles. The Morgan fingerprint density at radius 3 is 2.59 bits per heavy atom. The van der Waals surface area contributed by atoms with Gasteiger partial charge in [-0.25, -0.2) is 0 Å². The van der Waals surface area contributed by atoms with Crippen LogP contribution in [0.15, 0.2) is 36.4 Å². The summed E-state index contributed by atoms with van der Waals surface area (Å²) in [5, 5.41) is 23.0. The number of aliphatic hydroxyl groups excluding tert-OH is 2. The summed E-state index contributed by atoms with van der Waals surface area (Å²) in [6.07, 6.45) is 6.82. The smallest absolute Gasteiger partial charge is 0.318 e. The summed E-state index contributed by atoms with van der Waals surface area (Å²) in [6.45, 7) is 8.06. The minimum absolute atomic E-state index is 0.0265. The van der Waals surface area contributed by atoms with E-state index in [4.69, 9.17) is 14.7 Å². The normalized spacial score (nSPS) is 24.1. The fraction of sp³-hybridized carbons (Fsp3) is 0.576. The molecule has 218 valence electrons. The van der Waals surface area contributed by atoms with Crippen LogP contribution in [-0.2, 0) is 19.4 Å². The van der Waals surface area contributed by atoms with Gasteiger partial charge in [-0.05, 0) is 75.1 Å². The molecule has 2 unspecified atom stereocenters. The Labute approximate surface area is 243 Å². The first-order valence-electron chi connectivity index (χ1n) is 15.7. The molecule has 7 rings (SSSR count). The molecule has 0 radical (unpaired) electrons. The predicted molar refractivity (Wildman–Crippen MR) is 162 cm³/mol. The molecule has 2 N–H and O–H groups in total. The van der Waals surface area contributed by atoms with E-state index in [-0.39, 0.29) is 18.1 Å². The van der Waals surface area contributed by atoms with Crippen molar-refractivity contribution in [1.29, 1.82) is 0 Å². The van der Waals surface area contributed by atoms with Crippen LogP contribution in [0.4, 0.5) is 11.5 Å². The van der Waals surface area contributed by atoms with Crippen LogP contribution < -0.4 is 14.5 Å². The van der Waals surface area contributed by atoms with E-state index in [1.807, 2.05) is 0 Å². The molecule has 41 heavy (non-hydrogen) atoms. The van der Waals surface area contributed by atoms with Gasteiger partial charge in [-0.2, -0.15) is 9.97 Å². The number of benzene rings is 2. The number of rotatable bonds is 7. The SMILES string of the molecule is CCc1cccc2cccc(N3CCc4c(nc(OCC56CCCN5CCC6)nc4N4CCC(O)C(CO)C4)C3)c12. The predicted octanol–water partition coefficient (Wildman–Crippen LogP) is 3.94. The van der Waals surface area contributed by atoms with Gasteiger partial charge in [-0.1, -0.05) is 37.3 Å². The number of fused-ring (bicyclic) bond motifs is 3. The van der Waals surface area contributed by atoms with Crippen molar-refractivity contribution in [3.63, 3.8) is 0 Å². The van der Waals surface area contributed by atoms with E-state index in [1.54, 1.807) is 0 Å². The highest BCUT2D eigenvalue weighted by Crippen LogP contribution is 2.40. The van der Waals surface area contributed by atoms with Crippen LogP contribution in [-0.4, -0.2) is 82.7 Å². The molecule has 2 atom stereocenters. The molecule has 4 aliphatic rings. The van der Waals surface area contributed by atoms with Crippen LogP contribution in [0.1, 0.15) is 55.8 Å². The molecule has 2 aromatic carbocycles. The first-order valence-corrected chi connectivity index (χ1v) is 15.7. The summed E-state index contributed by atoms with van der Waals surface area (Å²) in [7, 11) is 0. The second kappa shape index (κ2) is 11.0. The zero-order chi connectivity index (χ0) is 28.0. The Bertz CT molecular complexity index is 1400. The number of aliphatic hydroxyl groups is 2. The van der Waals surface area contributed by atoms with Crippen LogP contribution in [0.2, 0.25) is 0 Å². The van der Waals surface area contributed by atoms with Crippen LogP contribution in [0.25, 0.3) is 10.8 Å². The standard InChI is InChI=1S/C33H43N5O3/c1-2-23-7-3-8-24-9-4-10-28(30(23)24)36-17-11-26-27(20-36)34-32(41-22-33-13-5-15-38(33)16-6-14-33)35-31(26)37-18-12-29(40)25(19-37)21-39/h3-4,7-10,25,29,39-40H,2,5-6,11-22H2,1H3. The largest absolute Gasteiger partial charge is 0.461 e.